The van der Waals surface area contributed by atoms with Crippen molar-refractivity contribution >= 4 is 11.9 Å². The first-order valence-corrected chi connectivity index (χ1v) is 7.79. The quantitative estimate of drug-likeness (QED) is 0.909. The molecule has 1 aliphatic heterocycles. The molecule has 0 bridgehead atoms. The first-order chi connectivity index (χ1) is 11.5. The van der Waals surface area contributed by atoms with Gasteiger partial charge in [-0.3, -0.25) is 15.1 Å². The van der Waals surface area contributed by atoms with E-state index in [2.05, 4.69) is 11.4 Å². The summed E-state index contributed by atoms with van der Waals surface area (Å²) in [5.74, 6) is -0.00669. The molecule has 2 N–H and O–H groups in total. The van der Waals surface area contributed by atoms with Crippen molar-refractivity contribution in [2.24, 2.45) is 0 Å². The van der Waals surface area contributed by atoms with Crippen LogP contribution in [-0.4, -0.2) is 30.9 Å². The predicted octanol–water partition coefficient (Wildman–Crippen LogP) is 2.71. The maximum atomic E-state index is 12.5. The highest BCUT2D eigenvalue weighted by Crippen LogP contribution is 2.31. The van der Waals surface area contributed by atoms with Crippen molar-refractivity contribution in [3.63, 3.8) is 0 Å². The Morgan fingerprint density at radius 2 is 1.83 bits per heavy atom. The Kier molecular flexibility index (Phi) is 4.11. The third-order valence-corrected chi connectivity index (χ3v) is 4.45. The zero-order valence-electron chi connectivity index (χ0n) is 14.1. The van der Waals surface area contributed by atoms with Crippen LogP contribution in [0.25, 0.3) is 11.1 Å². The molecule has 1 aliphatic rings. The van der Waals surface area contributed by atoms with Crippen molar-refractivity contribution in [2.75, 3.05) is 14.2 Å². The van der Waals surface area contributed by atoms with E-state index >= 15 is 0 Å². The van der Waals surface area contributed by atoms with Crippen LogP contribution in [0.4, 0.5) is 0 Å². The van der Waals surface area contributed by atoms with Gasteiger partial charge in [0.2, 0.25) is 0 Å². The molecule has 0 aliphatic carbocycles. The molecular weight excluding hydrogens is 302 g/mol. The lowest BCUT2D eigenvalue weighted by Gasteiger charge is -2.22. The first-order valence-electron chi connectivity index (χ1n) is 7.79. The largest absolute Gasteiger partial charge is 0.380 e. The lowest BCUT2D eigenvalue weighted by molar-refractivity contribution is -0.129. The van der Waals surface area contributed by atoms with E-state index in [1.54, 1.807) is 14.2 Å². The Labute approximate surface area is 141 Å². The molecule has 3 rings (SSSR count). The Hall–Kier alpha value is -2.66. The van der Waals surface area contributed by atoms with Crippen LogP contribution in [0.1, 0.15) is 18.1 Å². The van der Waals surface area contributed by atoms with Crippen molar-refractivity contribution in [3.05, 3.63) is 59.7 Å². The van der Waals surface area contributed by atoms with E-state index in [0.717, 1.165) is 22.3 Å². The summed E-state index contributed by atoms with van der Waals surface area (Å²) in [5, 5.41) is 10.9. The summed E-state index contributed by atoms with van der Waals surface area (Å²) in [5.41, 5.74) is 3.14. The maximum absolute atomic E-state index is 12.5. The molecule has 0 spiro atoms. The van der Waals surface area contributed by atoms with E-state index in [4.69, 9.17) is 10.1 Å². The Bertz CT molecular complexity index is 803. The highest BCUT2D eigenvalue weighted by Gasteiger charge is 2.45. The van der Waals surface area contributed by atoms with E-state index in [-0.39, 0.29) is 11.9 Å². The van der Waals surface area contributed by atoms with Crippen LogP contribution < -0.4 is 5.32 Å². The molecule has 5 heteroatoms. The van der Waals surface area contributed by atoms with E-state index in [1.807, 2.05) is 49.4 Å². The molecule has 2 aromatic rings. The monoisotopic (exact) mass is 323 g/mol. The number of carbonyl (C=O) groups excluding carboxylic acids is 1. The minimum Gasteiger partial charge on any atom is -0.380 e. The van der Waals surface area contributed by atoms with E-state index in [9.17, 15) is 4.79 Å². The van der Waals surface area contributed by atoms with Gasteiger partial charge in [-0.15, -0.1) is 0 Å². The van der Waals surface area contributed by atoms with Gasteiger partial charge in [-0.25, -0.2) is 0 Å². The summed E-state index contributed by atoms with van der Waals surface area (Å²) in [7, 11) is 3.29. The number of carbonyl (C=O) groups is 1. The van der Waals surface area contributed by atoms with Gasteiger partial charge in [-0.1, -0.05) is 36.4 Å². The Balaban J connectivity index is 2.00. The van der Waals surface area contributed by atoms with Gasteiger partial charge in [0, 0.05) is 14.2 Å². The van der Waals surface area contributed by atoms with Gasteiger partial charge in [-0.05, 0) is 41.3 Å². The van der Waals surface area contributed by atoms with Crippen LogP contribution in [0.2, 0.25) is 0 Å². The van der Waals surface area contributed by atoms with Crippen LogP contribution in [0, 0.1) is 5.41 Å². The summed E-state index contributed by atoms with van der Waals surface area (Å²) >= 11 is 0. The number of hydrogen-bond donors (Lipinski definition) is 2. The second-order valence-corrected chi connectivity index (χ2v) is 6.18. The fourth-order valence-corrected chi connectivity index (χ4v) is 3.02. The fraction of sp³-hybridized carbons (Fsp3) is 0.263. The minimum absolute atomic E-state index is 0.120. The Morgan fingerprint density at radius 3 is 2.46 bits per heavy atom. The number of likely N-dealkylation sites (N-methyl/N-ethyl adjacent to an activating group) is 1. The molecule has 1 heterocycles. The van der Waals surface area contributed by atoms with E-state index < -0.39 is 5.54 Å². The number of rotatable bonds is 4. The van der Waals surface area contributed by atoms with Crippen molar-refractivity contribution in [1.29, 1.82) is 5.41 Å². The van der Waals surface area contributed by atoms with Crippen LogP contribution >= 0.6 is 0 Å². The smallest absolute Gasteiger partial charge is 0.259 e. The SMILES string of the molecule is COCc1cccc(-c2cccc(C3(C)NC(=N)N(C)C3=O)c2)c1. The van der Waals surface area contributed by atoms with Gasteiger partial charge < -0.3 is 10.1 Å². The van der Waals surface area contributed by atoms with Crippen LogP contribution in [0.3, 0.4) is 0 Å². The molecule has 1 atom stereocenters. The summed E-state index contributed by atoms with van der Waals surface area (Å²) in [6.45, 7) is 2.38. The van der Waals surface area contributed by atoms with Crippen molar-refractivity contribution in [1.82, 2.24) is 10.2 Å². The average molecular weight is 323 g/mol. The number of ether oxygens (including phenoxy) is 1. The molecular formula is C19H21N3O2. The molecule has 1 saturated heterocycles. The number of amides is 1. The molecule has 5 nitrogen and oxygen atoms in total. The third-order valence-electron chi connectivity index (χ3n) is 4.45. The predicted molar refractivity (Wildman–Crippen MR) is 93.6 cm³/mol. The normalized spacial score (nSPS) is 20.4. The van der Waals surface area contributed by atoms with Crippen LogP contribution in [0.15, 0.2) is 48.5 Å². The topological polar surface area (TPSA) is 65.4 Å². The highest BCUT2D eigenvalue weighted by atomic mass is 16.5. The molecule has 1 fully saturated rings. The molecule has 0 saturated carbocycles. The van der Waals surface area contributed by atoms with E-state index in [0.29, 0.717) is 6.61 Å². The fourth-order valence-electron chi connectivity index (χ4n) is 3.02. The number of benzene rings is 2. The number of nitrogens with zero attached hydrogens (tertiary/aromatic N) is 1. The lowest BCUT2D eigenvalue weighted by atomic mass is 9.89. The van der Waals surface area contributed by atoms with Gasteiger partial charge in [0.1, 0.15) is 5.54 Å². The highest BCUT2D eigenvalue weighted by molar-refractivity contribution is 6.07. The average Bonchev–Trinajstić information content (AvgIpc) is 2.80. The standard InChI is InChI=1S/C19H21N3O2/c1-19(17(23)22(2)18(20)21-19)16-9-5-8-15(11-16)14-7-4-6-13(10-14)12-24-3/h4-11H,12H2,1-3H3,(H2,20,21). The first kappa shape index (κ1) is 16.2. The Morgan fingerprint density at radius 1 is 1.17 bits per heavy atom. The minimum atomic E-state index is -0.911. The summed E-state index contributed by atoms with van der Waals surface area (Å²) in [6.07, 6.45) is 0. The number of guanidine groups is 1. The maximum Gasteiger partial charge on any atom is 0.259 e. The van der Waals surface area contributed by atoms with Gasteiger partial charge in [0.25, 0.3) is 5.91 Å². The second-order valence-electron chi connectivity index (χ2n) is 6.18. The third kappa shape index (κ3) is 2.67. The lowest BCUT2D eigenvalue weighted by Crippen LogP contribution is -2.40. The summed E-state index contributed by atoms with van der Waals surface area (Å²) in [4.78, 5) is 13.9. The molecule has 0 radical (unpaired) electrons. The van der Waals surface area contributed by atoms with Crippen LogP contribution in [-0.2, 0) is 21.7 Å². The molecule has 124 valence electrons. The van der Waals surface area contributed by atoms with Gasteiger partial charge >= 0.3 is 0 Å². The van der Waals surface area contributed by atoms with Crippen molar-refractivity contribution in [3.8, 4) is 11.1 Å². The molecule has 1 unspecified atom stereocenters. The number of methoxy groups -OCH3 is 1. The zero-order valence-corrected chi connectivity index (χ0v) is 14.1. The molecule has 1 amide bonds. The molecule has 0 aromatic heterocycles. The molecule has 24 heavy (non-hydrogen) atoms. The summed E-state index contributed by atoms with van der Waals surface area (Å²) in [6, 6.07) is 16.0. The number of hydrogen-bond acceptors (Lipinski definition) is 3. The second kappa shape index (κ2) is 6.09. The van der Waals surface area contributed by atoms with E-state index in [1.165, 1.54) is 4.90 Å². The zero-order chi connectivity index (χ0) is 17.3. The van der Waals surface area contributed by atoms with Crippen molar-refractivity contribution < 1.29 is 9.53 Å². The molecule has 2 aromatic carbocycles. The van der Waals surface area contributed by atoms with Crippen LogP contribution in [0.5, 0.6) is 0 Å². The van der Waals surface area contributed by atoms with Gasteiger partial charge in [0.15, 0.2) is 5.96 Å². The summed E-state index contributed by atoms with van der Waals surface area (Å²) < 4.78 is 5.19. The number of nitrogens with one attached hydrogen (secondary N) is 2. The van der Waals surface area contributed by atoms with Crippen molar-refractivity contribution in [2.45, 2.75) is 19.1 Å². The van der Waals surface area contributed by atoms with Gasteiger partial charge in [-0.2, -0.15) is 0 Å². The van der Waals surface area contributed by atoms with Gasteiger partial charge in [0.05, 0.1) is 6.61 Å².